The molecule has 3 nitrogen and oxygen atoms in total. The van der Waals surface area contributed by atoms with Crippen LogP contribution in [0, 0.1) is 5.92 Å². The molecule has 1 saturated carbocycles. The van der Waals surface area contributed by atoms with Gasteiger partial charge in [0.15, 0.2) is 0 Å². The number of aromatic nitrogens is 2. The molecule has 0 bridgehead atoms. The molecular formula is C16H23N3. The van der Waals surface area contributed by atoms with Gasteiger partial charge in [0.25, 0.3) is 0 Å². The molecular weight excluding hydrogens is 234 g/mol. The predicted octanol–water partition coefficient (Wildman–Crippen LogP) is 3.12. The maximum absolute atomic E-state index is 5.96. The lowest BCUT2D eigenvalue weighted by Gasteiger charge is -2.10. The molecule has 0 spiro atoms. The maximum atomic E-state index is 5.96. The van der Waals surface area contributed by atoms with E-state index >= 15 is 0 Å². The molecule has 1 unspecified atom stereocenters. The van der Waals surface area contributed by atoms with Crippen LogP contribution in [0.1, 0.15) is 38.2 Å². The minimum Gasteiger partial charge on any atom is -0.332 e. The smallest absolute Gasteiger partial charge is 0.140 e. The van der Waals surface area contributed by atoms with Gasteiger partial charge in [0.2, 0.25) is 0 Å². The first kappa shape index (κ1) is 12.7. The van der Waals surface area contributed by atoms with Crippen molar-refractivity contribution in [3.8, 4) is 0 Å². The highest BCUT2D eigenvalue weighted by molar-refractivity contribution is 5.80. The quantitative estimate of drug-likeness (QED) is 0.914. The molecule has 2 aromatic rings. The van der Waals surface area contributed by atoms with Gasteiger partial charge >= 0.3 is 0 Å². The molecule has 0 radical (unpaired) electrons. The second-order valence-corrected chi connectivity index (χ2v) is 6.01. The Labute approximate surface area is 114 Å². The van der Waals surface area contributed by atoms with Crippen LogP contribution in [0.25, 0.3) is 11.0 Å². The first-order chi connectivity index (χ1) is 9.24. The van der Waals surface area contributed by atoms with Gasteiger partial charge in [-0.15, -0.1) is 0 Å². The van der Waals surface area contributed by atoms with Crippen LogP contribution in [-0.2, 0) is 13.0 Å². The Balaban J connectivity index is 1.94. The average Bonchev–Trinajstić information content (AvgIpc) is 2.99. The van der Waals surface area contributed by atoms with E-state index in [4.69, 9.17) is 5.73 Å². The summed E-state index contributed by atoms with van der Waals surface area (Å²) in [6.45, 7) is 3.18. The Morgan fingerprint density at radius 2 is 2.21 bits per heavy atom. The number of hydrogen-bond donors (Lipinski definition) is 1. The molecule has 0 aromatic carbocycles. The maximum Gasteiger partial charge on any atom is 0.140 e. The number of nitrogens with zero attached hydrogens (tertiary/aromatic N) is 2. The molecule has 1 atom stereocenters. The third kappa shape index (κ3) is 2.66. The third-order valence-electron chi connectivity index (χ3n) is 4.19. The van der Waals surface area contributed by atoms with Crippen molar-refractivity contribution in [2.24, 2.45) is 11.7 Å². The summed E-state index contributed by atoms with van der Waals surface area (Å²) in [6.07, 6.45) is 10.6. The monoisotopic (exact) mass is 257 g/mol. The molecule has 1 aliphatic carbocycles. The number of nitrogens with two attached hydrogens (primary N) is 1. The zero-order chi connectivity index (χ0) is 13.2. The summed E-state index contributed by atoms with van der Waals surface area (Å²) in [7, 11) is 0. The summed E-state index contributed by atoms with van der Waals surface area (Å²) >= 11 is 0. The van der Waals surface area contributed by atoms with Gasteiger partial charge in [0, 0.05) is 30.4 Å². The molecule has 19 heavy (non-hydrogen) atoms. The van der Waals surface area contributed by atoms with Crippen LogP contribution in [0.4, 0.5) is 0 Å². The first-order valence-electron chi connectivity index (χ1n) is 7.42. The summed E-state index contributed by atoms with van der Waals surface area (Å²) in [4.78, 5) is 4.57. The van der Waals surface area contributed by atoms with Crippen LogP contribution >= 0.6 is 0 Å². The summed E-state index contributed by atoms with van der Waals surface area (Å²) in [5.41, 5.74) is 8.43. The van der Waals surface area contributed by atoms with Crippen molar-refractivity contribution in [3.63, 3.8) is 0 Å². The molecule has 2 heterocycles. The van der Waals surface area contributed by atoms with Gasteiger partial charge in [-0.3, -0.25) is 0 Å². The number of hydrogen-bond acceptors (Lipinski definition) is 2. The first-order valence-corrected chi connectivity index (χ1v) is 7.42. The number of fused-ring (bicyclic) bond motifs is 1. The minimum atomic E-state index is 0.200. The lowest BCUT2D eigenvalue weighted by molar-refractivity contribution is 0.464. The van der Waals surface area contributed by atoms with Crippen LogP contribution in [0.15, 0.2) is 24.5 Å². The van der Waals surface area contributed by atoms with E-state index in [9.17, 15) is 0 Å². The average molecular weight is 257 g/mol. The van der Waals surface area contributed by atoms with Crippen LogP contribution in [0.5, 0.6) is 0 Å². The molecule has 0 aliphatic heterocycles. The SMILES string of the molecule is CC(N)Cc1cn(CC2CCCC2)c2ncccc12. The fourth-order valence-electron chi connectivity index (χ4n) is 3.32. The van der Waals surface area contributed by atoms with E-state index < -0.39 is 0 Å². The van der Waals surface area contributed by atoms with E-state index in [2.05, 4.69) is 28.7 Å². The molecule has 2 aromatic heterocycles. The van der Waals surface area contributed by atoms with Crippen LogP contribution in [-0.4, -0.2) is 15.6 Å². The molecule has 3 heteroatoms. The Bertz CT molecular complexity index is 550. The summed E-state index contributed by atoms with van der Waals surface area (Å²) in [5.74, 6) is 0.834. The Kier molecular flexibility index (Phi) is 3.56. The van der Waals surface area contributed by atoms with Crippen molar-refractivity contribution in [2.45, 2.75) is 51.6 Å². The molecule has 1 fully saturated rings. The largest absolute Gasteiger partial charge is 0.332 e. The highest BCUT2D eigenvalue weighted by Gasteiger charge is 2.18. The van der Waals surface area contributed by atoms with Gasteiger partial charge < -0.3 is 10.3 Å². The standard InChI is InChI=1S/C16H23N3/c1-12(17)9-14-11-19(10-13-5-2-3-6-13)16-15(14)7-4-8-18-16/h4,7-8,11-13H,2-3,5-6,9-10,17H2,1H3. The van der Waals surface area contributed by atoms with Crippen molar-refractivity contribution in [1.29, 1.82) is 0 Å². The van der Waals surface area contributed by atoms with Crippen molar-refractivity contribution in [1.82, 2.24) is 9.55 Å². The number of rotatable bonds is 4. The predicted molar refractivity (Wildman–Crippen MR) is 79.0 cm³/mol. The highest BCUT2D eigenvalue weighted by atomic mass is 15.0. The van der Waals surface area contributed by atoms with Gasteiger partial charge in [-0.1, -0.05) is 12.8 Å². The summed E-state index contributed by atoms with van der Waals surface area (Å²) in [6, 6.07) is 4.39. The van der Waals surface area contributed by atoms with Crippen molar-refractivity contribution < 1.29 is 0 Å². The zero-order valence-electron chi connectivity index (χ0n) is 11.7. The van der Waals surface area contributed by atoms with Gasteiger partial charge in [0.05, 0.1) is 0 Å². The van der Waals surface area contributed by atoms with E-state index in [1.165, 1.54) is 36.6 Å². The fraction of sp³-hybridized carbons (Fsp3) is 0.562. The topological polar surface area (TPSA) is 43.8 Å². The number of pyridine rings is 1. The van der Waals surface area contributed by atoms with Gasteiger partial charge in [0.1, 0.15) is 5.65 Å². The molecule has 0 saturated heterocycles. The highest BCUT2D eigenvalue weighted by Crippen LogP contribution is 2.28. The molecule has 1 aliphatic rings. The Morgan fingerprint density at radius 3 is 2.95 bits per heavy atom. The van der Waals surface area contributed by atoms with E-state index in [1.807, 2.05) is 12.3 Å². The third-order valence-corrected chi connectivity index (χ3v) is 4.19. The van der Waals surface area contributed by atoms with Crippen LogP contribution in [0.3, 0.4) is 0 Å². The van der Waals surface area contributed by atoms with Crippen molar-refractivity contribution >= 4 is 11.0 Å². The molecule has 0 amide bonds. The van der Waals surface area contributed by atoms with Gasteiger partial charge in [-0.05, 0) is 49.8 Å². The minimum absolute atomic E-state index is 0.200. The zero-order valence-corrected chi connectivity index (χ0v) is 11.7. The normalized spacial score (nSPS) is 18.2. The van der Waals surface area contributed by atoms with E-state index in [0.29, 0.717) is 0 Å². The molecule has 3 rings (SSSR count). The van der Waals surface area contributed by atoms with Gasteiger partial charge in [-0.2, -0.15) is 0 Å². The summed E-state index contributed by atoms with van der Waals surface area (Å²) < 4.78 is 2.35. The summed E-state index contributed by atoms with van der Waals surface area (Å²) in [5, 5.41) is 1.28. The van der Waals surface area contributed by atoms with E-state index in [1.54, 1.807) is 0 Å². The van der Waals surface area contributed by atoms with Crippen LogP contribution < -0.4 is 5.73 Å². The van der Waals surface area contributed by atoms with Crippen molar-refractivity contribution in [3.05, 3.63) is 30.1 Å². The Morgan fingerprint density at radius 1 is 1.42 bits per heavy atom. The molecule has 2 N–H and O–H groups in total. The lowest BCUT2D eigenvalue weighted by Crippen LogP contribution is -2.17. The van der Waals surface area contributed by atoms with E-state index in [0.717, 1.165) is 24.5 Å². The van der Waals surface area contributed by atoms with Gasteiger partial charge in [-0.25, -0.2) is 4.98 Å². The fourth-order valence-corrected chi connectivity index (χ4v) is 3.32. The van der Waals surface area contributed by atoms with Crippen LogP contribution in [0.2, 0.25) is 0 Å². The van der Waals surface area contributed by atoms with E-state index in [-0.39, 0.29) is 6.04 Å². The second kappa shape index (κ2) is 5.33. The lowest BCUT2D eigenvalue weighted by atomic mass is 10.1. The second-order valence-electron chi connectivity index (χ2n) is 6.01. The molecule has 102 valence electrons. The van der Waals surface area contributed by atoms with Crippen molar-refractivity contribution in [2.75, 3.05) is 0 Å². The Hall–Kier alpha value is -1.35.